The molecule has 138 valence electrons. The van der Waals surface area contributed by atoms with E-state index in [0.717, 1.165) is 16.9 Å². The molecule has 0 atom stereocenters. The molecule has 0 saturated heterocycles. The summed E-state index contributed by atoms with van der Waals surface area (Å²) < 4.78 is 9.87. The van der Waals surface area contributed by atoms with Crippen LogP contribution in [0.25, 0.3) is 0 Å². The molecular weight excluding hydrogens is 330 g/mol. The van der Waals surface area contributed by atoms with Crippen LogP contribution in [0.3, 0.4) is 0 Å². The number of methoxy groups -OCH3 is 2. The Kier molecular flexibility index (Phi) is 7.21. The van der Waals surface area contributed by atoms with Gasteiger partial charge in [0.1, 0.15) is 5.75 Å². The second kappa shape index (κ2) is 9.61. The second-order valence-corrected chi connectivity index (χ2v) is 6.03. The molecule has 0 aliphatic heterocycles. The summed E-state index contributed by atoms with van der Waals surface area (Å²) in [7, 11) is 2.98. The predicted octanol–water partition coefficient (Wildman–Crippen LogP) is 3.25. The predicted molar refractivity (Wildman–Crippen MR) is 100 cm³/mol. The van der Waals surface area contributed by atoms with Crippen LogP contribution in [0.4, 0.5) is 0 Å². The van der Waals surface area contributed by atoms with E-state index < -0.39 is 0 Å². The zero-order valence-electron chi connectivity index (χ0n) is 15.5. The first-order valence-electron chi connectivity index (χ1n) is 8.59. The quantitative estimate of drug-likeness (QED) is 0.682. The van der Waals surface area contributed by atoms with Gasteiger partial charge < -0.3 is 14.4 Å². The van der Waals surface area contributed by atoms with Crippen molar-refractivity contribution in [3.63, 3.8) is 0 Å². The molecule has 2 aromatic carbocycles. The number of aryl methyl sites for hydroxylation is 1. The molecule has 0 aromatic heterocycles. The highest BCUT2D eigenvalue weighted by Crippen LogP contribution is 2.14. The topological polar surface area (TPSA) is 55.8 Å². The van der Waals surface area contributed by atoms with Crippen LogP contribution in [0.2, 0.25) is 0 Å². The number of ether oxygens (including phenoxy) is 2. The number of hydrogen-bond donors (Lipinski definition) is 0. The number of esters is 1. The summed E-state index contributed by atoms with van der Waals surface area (Å²) in [4.78, 5) is 26.2. The van der Waals surface area contributed by atoms with Gasteiger partial charge in [0.05, 0.1) is 20.6 Å². The first kappa shape index (κ1) is 19.5. The van der Waals surface area contributed by atoms with E-state index in [1.807, 2.05) is 55.5 Å². The molecule has 1 amide bonds. The van der Waals surface area contributed by atoms with Gasteiger partial charge in [-0.05, 0) is 42.7 Å². The average Bonchev–Trinajstić information content (AvgIpc) is 2.68. The SMILES string of the molecule is COC(=O)CCN(CCc1ccc(OC)cc1)C(=O)c1ccccc1C. The molecule has 2 aromatic rings. The Morgan fingerprint density at radius 3 is 2.27 bits per heavy atom. The van der Waals surface area contributed by atoms with Crippen molar-refractivity contribution in [3.05, 3.63) is 65.2 Å². The molecule has 0 unspecified atom stereocenters. The summed E-state index contributed by atoms with van der Waals surface area (Å²) in [5.41, 5.74) is 2.68. The molecule has 0 spiro atoms. The molecule has 0 heterocycles. The fraction of sp³-hybridized carbons (Fsp3) is 0.333. The summed E-state index contributed by atoms with van der Waals surface area (Å²) in [6.45, 7) is 2.77. The number of benzene rings is 2. The normalized spacial score (nSPS) is 10.3. The summed E-state index contributed by atoms with van der Waals surface area (Å²) in [5, 5.41) is 0. The van der Waals surface area contributed by atoms with Gasteiger partial charge in [-0.15, -0.1) is 0 Å². The number of nitrogens with zero attached hydrogens (tertiary/aromatic N) is 1. The Morgan fingerprint density at radius 1 is 0.962 bits per heavy atom. The van der Waals surface area contributed by atoms with E-state index >= 15 is 0 Å². The van der Waals surface area contributed by atoms with Gasteiger partial charge in [-0.1, -0.05) is 30.3 Å². The van der Waals surface area contributed by atoms with Crippen LogP contribution in [-0.4, -0.2) is 44.1 Å². The summed E-state index contributed by atoms with van der Waals surface area (Å²) in [6, 6.07) is 15.2. The van der Waals surface area contributed by atoms with E-state index in [4.69, 9.17) is 9.47 Å². The molecule has 0 radical (unpaired) electrons. The van der Waals surface area contributed by atoms with Crippen LogP contribution in [0, 0.1) is 6.92 Å². The van der Waals surface area contributed by atoms with Crippen LogP contribution < -0.4 is 4.74 Å². The van der Waals surface area contributed by atoms with Crippen molar-refractivity contribution in [2.45, 2.75) is 19.8 Å². The van der Waals surface area contributed by atoms with Crippen molar-refractivity contribution in [1.82, 2.24) is 4.90 Å². The molecule has 2 rings (SSSR count). The molecule has 0 aliphatic carbocycles. The smallest absolute Gasteiger partial charge is 0.307 e. The van der Waals surface area contributed by atoms with Crippen molar-refractivity contribution in [2.75, 3.05) is 27.3 Å². The first-order valence-corrected chi connectivity index (χ1v) is 8.59. The van der Waals surface area contributed by atoms with Crippen LogP contribution in [-0.2, 0) is 16.0 Å². The lowest BCUT2D eigenvalue weighted by Gasteiger charge is -2.23. The maximum atomic E-state index is 12.9. The Labute approximate surface area is 154 Å². The molecule has 0 aliphatic rings. The van der Waals surface area contributed by atoms with Gasteiger partial charge in [0.25, 0.3) is 5.91 Å². The van der Waals surface area contributed by atoms with Gasteiger partial charge in [-0.2, -0.15) is 0 Å². The Morgan fingerprint density at radius 2 is 1.65 bits per heavy atom. The number of carbonyl (C=O) groups is 2. The Balaban J connectivity index is 2.10. The highest BCUT2D eigenvalue weighted by molar-refractivity contribution is 5.95. The monoisotopic (exact) mass is 355 g/mol. The van der Waals surface area contributed by atoms with Gasteiger partial charge in [-0.25, -0.2) is 0 Å². The zero-order chi connectivity index (χ0) is 18.9. The summed E-state index contributed by atoms with van der Waals surface area (Å²) in [5.74, 6) is 0.407. The molecule has 5 heteroatoms. The third-order valence-corrected chi connectivity index (χ3v) is 4.31. The van der Waals surface area contributed by atoms with Gasteiger partial charge >= 0.3 is 5.97 Å². The van der Waals surface area contributed by atoms with Crippen LogP contribution >= 0.6 is 0 Å². The van der Waals surface area contributed by atoms with Crippen molar-refractivity contribution in [2.24, 2.45) is 0 Å². The Hall–Kier alpha value is -2.82. The number of hydrogen-bond acceptors (Lipinski definition) is 4. The molecule has 0 fully saturated rings. The van der Waals surface area contributed by atoms with Crippen molar-refractivity contribution in [1.29, 1.82) is 0 Å². The van der Waals surface area contributed by atoms with E-state index in [0.29, 0.717) is 25.1 Å². The highest BCUT2D eigenvalue weighted by Gasteiger charge is 2.18. The average molecular weight is 355 g/mol. The molecular formula is C21H25NO4. The minimum atomic E-state index is -0.322. The molecule has 5 nitrogen and oxygen atoms in total. The van der Waals surface area contributed by atoms with Gasteiger partial charge in [0.2, 0.25) is 0 Å². The van der Waals surface area contributed by atoms with Gasteiger partial charge in [0.15, 0.2) is 0 Å². The maximum absolute atomic E-state index is 12.9. The number of carbonyl (C=O) groups excluding carboxylic acids is 2. The van der Waals surface area contributed by atoms with Crippen molar-refractivity contribution < 1.29 is 19.1 Å². The molecule has 0 bridgehead atoms. The van der Waals surface area contributed by atoms with Gasteiger partial charge in [-0.3, -0.25) is 9.59 Å². The lowest BCUT2D eigenvalue weighted by Crippen LogP contribution is -2.35. The standard InChI is InChI=1S/C21H25NO4/c1-16-6-4-5-7-19(16)21(24)22(15-13-20(23)26-3)14-12-17-8-10-18(25-2)11-9-17/h4-11H,12-15H2,1-3H3. The van der Waals surface area contributed by atoms with E-state index in [-0.39, 0.29) is 18.3 Å². The second-order valence-electron chi connectivity index (χ2n) is 6.03. The molecule has 26 heavy (non-hydrogen) atoms. The fourth-order valence-corrected chi connectivity index (χ4v) is 2.68. The third-order valence-electron chi connectivity index (χ3n) is 4.31. The van der Waals surface area contributed by atoms with Crippen LogP contribution in [0.1, 0.15) is 27.9 Å². The largest absolute Gasteiger partial charge is 0.497 e. The van der Waals surface area contributed by atoms with Crippen molar-refractivity contribution >= 4 is 11.9 Å². The fourth-order valence-electron chi connectivity index (χ4n) is 2.68. The third kappa shape index (κ3) is 5.34. The molecule has 0 N–H and O–H groups in total. The van der Waals surface area contributed by atoms with Crippen LogP contribution in [0.15, 0.2) is 48.5 Å². The van der Waals surface area contributed by atoms with Crippen LogP contribution in [0.5, 0.6) is 5.75 Å². The van der Waals surface area contributed by atoms with E-state index in [1.54, 1.807) is 12.0 Å². The molecule has 0 saturated carbocycles. The summed E-state index contributed by atoms with van der Waals surface area (Å²) >= 11 is 0. The minimum absolute atomic E-state index is 0.0690. The van der Waals surface area contributed by atoms with E-state index in [1.165, 1.54) is 7.11 Å². The van der Waals surface area contributed by atoms with Crippen molar-refractivity contribution in [3.8, 4) is 5.75 Å². The van der Waals surface area contributed by atoms with E-state index in [9.17, 15) is 9.59 Å². The maximum Gasteiger partial charge on any atom is 0.307 e. The van der Waals surface area contributed by atoms with E-state index in [2.05, 4.69) is 0 Å². The number of rotatable bonds is 8. The minimum Gasteiger partial charge on any atom is -0.497 e. The lowest BCUT2D eigenvalue weighted by atomic mass is 10.1. The zero-order valence-corrected chi connectivity index (χ0v) is 15.5. The number of amides is 1. The first-order chi connectivity index (χ1) is 12.5. The van der Waals surface area contributed by atoms with Gasteiger partial charge in [0, 0.05) is 18.7 Å². The lowest BCUT2D eigenvalue weighted by molar-refractivity contribution is -0.140. The Bertz CT molecular complexity index is 740. The summed E-state index contributed by atoms with van der Waals surface area (Å²) in [6.07, 6.45) is 0.875. The highest BCUT2D eigenvalue weighted by atomic mass is 16.5.